The summed E-state index contributed by atoms with van der Waals surface area (Å²) in [6.45, 7) is 4.20. The fourth-order valence-corrected chi connectivity index (χ4v) is 1.98. The van der Waals surface area contributed by atoms with Crippen LogP contribution in [0.1, 0.15) is 29.8 Å². The Balaban J connectivity index is 2.03. The molecule has 112 valence electrons. The van der Waals surface area contributed by atoms with Gasteiger partial charge in [-0.1, -0.05) is 0 Å². The second-order valence-electron chi connectivity index (χ2n) is 4.72. The number of ketones is 1. The number of rotatable bonds is 6. The van der Waals surface area contributed by atoms with E-state index in [1.807, 2.05) is 13.0 Å². The quantitative estimate of drug-likeness (QED) is 0.764. The largest absolute Gasteiger partial charge is 0.494 e. The number of benzene rings is 2. The fourth-order valence-electron chi connectivity index (χ4n) is 1.98. The van der Waals surface area contributed by atoms with Gasteiger partial charge in [0.2, 0.25) is 5.78 Å². The van der Waals surface area contributed by atoms with Gasteiger partial charge >= 0.3 is 0 Å². The van der Waals surface area contributed by atoms with Crippen molar-refractivity contribution in [3.8, 4) is 17.6 Å². The number of carbonyl (C=O) groups excluding carboxylic acids is 1. The first-order chi connectivity index (χ1) is 10.6. The smallest absolute Gasteiger partial charge is 0.202 e. The number of hydrogen-bond acceptors (Lipinski definition) is 4. The minimum atomic E-state index is -0.606. The summed E-state index contributed by atoms with van der Waals surface area (Å²) >= 11 is 0. The third-order valence-electron chi connectivity index (χ3n) is 3.12. The van der Waals surface area contributed by atoms with Crippen LogP contribution in [0.2, 0.25) is 0 Å². The van der Waals surface area contributed by atoms with Gasteiger partial charge < -0.3 is 9.47 Å². The first-order valence-corrected chi connectivity index (χ1v) is 7.08. The van der Waals surface area contributed by atoms with Gasteiger partial charge in [0, 0.05) is 5.56 Å². The van der Waals surface area contributed by atoms with Crippen molar-refractivity contribution >= 4 is 5.78 Å². The second-order valence-corrected chi connectivity index (χ2v) is 4.72. The van der Waals surface area contributed by atoms with Crippen molar-refractivity contribution in [2.75, 3.05) is 6.61 Å². The SMILES string of the molecule is CCOc1ccc(C(=O)[C@H](C)Oc2ccc(C#N)cc2)cc1. The van der Waals surface area contributed by atoms with Crippen molar-refractivity contribution in [3.63, 3.8) is 0 Å². The van der Waals surface area contributed by atoms with E-state index in [-0.39, 0.29) is 5.78 Å². The highest BCUT2D eigenvalue weighted by Gasteiger charge is 2.17. The maximum atomic E-state index is 12.3. The van der Waals surface area contributed by atoms with E-state index in [0.717, 1.165) is 5.75 Å². The number of nitrogens with zero attached hydrogens (tertiary/aromatic N) is 1. The van der Waals surface area contributed by atoms with Crippen LogP contribution in [-0.4, -0.2) is 18.5 Å². The van der Waals surface area contributed by atoms with Gasteiger partial charge in [-0.25, -0.2) is 0 Å². The molecule has 0 aliphatic carbocycles. The Morgan fingerprint density at radius 1 is 1.09 bits per heavy atom. The van der Waals surface area contributed by atoms with Gasteiger partial charge in [-0.2, -0.15) is 5.26 Å². The standard InChI is InChI=1S/C18H17NO3/c1-3-21-16-10-6-15(7-11-16)18(20)13(2)22-17-8-4-14(12-19)5-9-17/h4-11,13H,3H2,1-2H3/t13-/m0/s1. The summed E-state index contributed by atoms with van der Waals surface area (Å²) in [4.78, 5) is 12.3. The third kappa shape index (κ3) is 3.86. The number of carbonyl (C=O) groups is 1. The van der Waals surface area contributed by atoms with E-state index in [9.17, 15) is 4.79 Å². The van der Waals surface area contributed by atoms with Gasteiger partial charge in [0.1, 0.15) is 11.5 Å². The minimum Gasteiger partial charge on any atom is -0.494 e. The van der Waals surface area contributed by atoms with Crippen molar-refractivity contribution in [2.24, 2.45) is 0 Å². The van der Waals surface area contributed by atoms with E-state index < -0.39 is 6.10 Å². The van der Waals surface area contributed by atoms with Crippen LogP contribution in [0.15, 0.2) is 48.5 Å². The first-order valence-electron chi connectivity index (χ1n) is 7.08. The van der Waals surface area contributed by atoms with Crippen molar-refractivity contribution in [3.05, 3.63) is 59.7 Å². The van der Waals surface area contributed by atoms with E-state index in [2.05, 4.69) is 0 Å². The number of ether oxygens (including phenoxy) is 2. The lowest BCUT2D eigenvalue weighted by molar-refractivity contribution is 0.0818. The zero-order valence-corrected chi connectivity index (χ0v) is 12.6. The van der Waals surface area contributed by atoms with E-state index >= 15 is 0 Å². The molecule has 4 nitrogen and oxygen atoms in total. The molecule has 0 saturated heterocycles. The van der Waals surface area contributed by atoms with Crippen LogP contribution in [0.5, 0.6) is 11.5 Å². The molecule has 0 heterocycles. The summed E-state index contributed by atoms with van der Waals surface area (Å²) < 4.78 is 11.0. The summed E-state index contributed by atoms with van der Waals surface area (Å²) in [6, 6.07) is 15.7. The average Bonchev–Trinajstić information content (AvgIpc) is 2.56. The Kier molecular flexibility index (Phi) is 5.16. The summed E-state index contributed by atoms with van der Waals surface area (Å²) in [5, 5.41) is 8.75. The molecule has 4 heteroatoms. The molecule has 0 spiro atoms. The van der Waals surface area contributed by atoms with Crippen molar-refractivity contribution in [1.29, 1.82) is 5.26 Å². The molecule has 0 aromatic heterocycles. The molecule has 1 atom stereocenters. The summed E-state index contributed by atoms with van der Waals surface area (Å²) in [5.41, 5.74) is 1.13. The van der Waals surface area contributed by atoms with E-state index in [1.165, 1.54) is 0 Å². The van der Waals surface area contributed by atoms with Crippen LogP contribution < -0.4 is 9.47 Å². The number of Topliss-reactive ketones (excluding diaryl/α,β-unsaturated/α-hetero) is 1. The molecule has 0 fully saturated rings. The lowest BCUT2D eigenvalue weighted by Crippen LogP contribution is -2.23. The third-order valence-corrected chi connectivity index (χ3v) is 3.12. The average molecular weight is 295 g/mol. The lowest BCUT2D eigenvalue weighted by atomic mass is 10.1. The van der Waals surface area contributed by atoms with Crippen LogP contribution >= 0.6 is 0 Å². The first kappa shape index (κ1) is 15.6. The Bertz CT molecular complexity index is 669. The molecular formula is C18H17NO3. The molecule has 0 unspecified atom stereocenters. The zero-order valence-electron chi connectivity index (χ0n) is 12.6. The second kappa shape index (κ2) is 7.28. The zero-order chi connectivity index (χ0) is 15.9. The Hall–Kier alpha value is -2.80. The van der Waals surface area contributed by atoms with Crippen molar-refractivity contribution in [1.82, 2.24) is 0 Å². The van der Waals surface area contributed by atoms with Gasteiger partial charge in [-0.15, -0.1) is 0 Å². The Morgan fingerprint density at radius 3 is 2.23 bits per heavy atom. The molecule has 0 aliphatic rings. The molecule has 0 radical (unpaired) electrons. The Labute approximate surface area is 129 Å². The molecular weight excluding hydrogens is 278 g/mol. The van der Waals surface area contributed by atoms with Crippen LogP contribution in [0.4, 0.5) is 0 Å². The summed E-state index contributed by atoms with van der Waals surface area (Å²) in [6.07, 6.45) is -0.606. The minimum absolute atomic E-state index is 0.104. The molecule has 0 saturated carbocycles. The van der Waals surface area contributed by atoms with E-state index in [4.69, 9.17) is 14.7 Å². The van der Waals surface area contributed by atoms with Gasteiger partial charge in [0.05, 0.1) is 18.2 Å². The van der Waals surface area contributed by atoms with E-state index in [0.29, 0.717) is 23.5 Å². The summed E-state index contributed by atoms with van der Waals surface area (Å²) in [7, 11) is 0. The molecule has 2 aromatic carbocycles. The lowest BCUT2D eigenvalue weighted by Gasteiger charge is -2.14. The monoisotopic (exact) mass is 295 g/mol. The van der Waals surface area contributed by atoms with Gasteiger partial charge in [-0.3, -0.25) is 4.79 Å². The van der Waals surface area contributed by atoms with Gasteiger partial charge in [0.25, 0.3) is 0 Å². The van der Waals surface area contributed by atoms with Gasteiger partial charge in [0.15, 0.2) is 6.10 Å². The van der Waals surface area contributed by atoms with Crippen LogP contribution in [0, 0.1) is 11.3 Å². The Morgan fingerprint density at radius 2 is 1.68 bits per heavy atom. The molecule has 22 heavy (non-hydrogen) atoms. The highest BCUT2D eigenvalue weighted by atomic mass is 16.5. The highest BCUT2D eigenvalue weighted by Crippen LogP contribution is 2.17. The fraction of sp³-hybridized carbons (Fsp3) is 0.222. The molecule has 2 aromatic rings. The van der Waals surface area contributed by atoms with Crippen molar-refractivity contribution in [2.45, 2.75) is 20.0 Å². The predicted molar refractivity (Wildman–Crippen MR) is 83.2 cm³/mol. The topological polar surface area (TPSA) is 59.3 Å². The predicted octanol–water partition coefficient (Wildman–Crippen LogP) is 3.61. The highest BCUT2D eigenvalue weighted by molar-refractivity contribution is 5.99. The van der Waals surface area contributed by atoms with Crippen LogP contribution in [-0.2, 0) is 0 Å². The van der Waals surface area contributed by atoms with Crippen molar-refractivity contribution < 1.29 is 14.3 Å². The molecule has 0 N–H and O–H groups in total. The number of nitriles is 1. The molecule has 0 aliphatic heterocycles. The van der Waals surface area contributed by atoms with Crippen LogP contribution in [0.3, 0.4) is 0 Å². The molecule has 0 amide bonds. The van der Waals surface area contributed by atoms with Gasteiger partial charge in [-0.05, 0) is 62.4 Å². The van der Waals surface area contributed by atoms with E-state index in [1.54, 1.807) is 55.5 Å². The molecule has 0 bridgehead atoms. The number of hydrogen-bond donors (Lipinski definition) is 0. The maximum absolute atomic E-state index is 12.3. The molecule has 2 rings (SSSR count). The normalized spacial score (nSPS) is 11.3. The van der Waals surface area contributed by atoms with Crippen LogP contribution in [0.25, 0.3) is 0 Å². The maximum Gasteiger partial charge on any atom is 0.202 e. The summed E-state index contributed by atoms with van der Waals surface area (Å²) in [5.74, 6) is 1.19.